The van der Waals surface area contributed by atoms with E-state index in [1.807, 2.05) is 6.07 Å². The molecule has 0 radical (unpaired) electrons. The van der Waals surface area contributed by atoms with Crippen LogP contribution in [-0.4, -0.2) is 29.0 Å². The van der Waals surface area contributed by atoms with Gasteiger partial charge in [0.15, 0.2) is 0 Å². The number of rotatable bonds is 4. The average Bonchev–Trinajstić information content (AvgIpc) is 3.24. The largest absolute Gasteiger partial charge is 0.472 e. The van der Waals surface area contributed by atoms with Gasteiger partial charge in [-0.05, 0) is 62.6 Å². The first kappa shape index (κ1) is 14.5. The molecule has 3 nitrogen and oxygen atoms in total. The molecule has 2 aromatic heterocycles. The van der Waals surface area contributed by atoms with Crippen LogP contribution in [0.4, 0.5) is 0 Å². The van der Waals surface area contributed by atoms with Crippen LogP contribution in [0.25, 0.3) is 22.2 Å². The molecule has 0 N–H and O–H groups in total. The molecule has 0 spiro atoms. The molecule has 4 rings (SSSR count). The van der Waals surface area contributed by atoms with E-state index < -0.39 is 0 Å². The van der Waals surface area contributed by atoms with Crippen molar-refractivity contribution in [1.82, 2.24) is 9.88 Å². The second kappa shape index (κ2) is 6.17. The Morgan fingerprint density at radius 3 is 2.96 bits per heavy atom. The molecule has 1 fully saturated rings. The normalized spacial score (nSPS) is 18.7. The Labute approximate surface area is 136 Å². The van der Waals surface area contributed by atoms with Crippen molar-refractivity contribution in [2.24, 2.45) is 0 Å². The number of likely N-dealkylation sites (tertiary alicyclic amines) is 1. The topological polar surface area (TPSA) is 29.3 Å². The number of hydrogen-bond donors (Lipinski definition) is 0. The third kappa shape index (κ3) is 3.02. The molecule has 1 atom stereocenters. The van der Waals surface area contributed by atoms with Gasteiger partial charge in [0.2, 0.25) is 0 Å². The molecule has 1 saturated heterocycles. The van der Waals surface area contributed by atoms with Gasteiger partial charge in [0, 0.05) is 23.5 Å². The number of furan rings is 1. The summed E-state index contributed by atoms with van der Waals surface area (Å²) in [6.45, 7) is 4.76. The molecule has 0 amide bonds. The van der Waals surface area contributed by atoms with Crippen LogP contribution in [0, 0.1) is 0 Å². The van der Waals surface area contributed by atoms with Gasteiger partial charge in [0.05, 0.1) is 23.7 Å². The lowest BCUT2D eigenvalue weighted by molar-refractivity contribution is 0.272. The van der Waals surface area contributed by atoms with Crippen molar-refractivity contribution < 1.29 is 4.42 Å². The summed E-state index contributed by atoms with van der Waals surface area (Å²) in [5.41, 5.74) is 4.43. The van der Waals surface area contributed by atoms with Crippen LogP contribution in [0.15, 0.2) is 53.3 Å². The maximum atomic E-state index is 5.14. The molecule has 1 aliphatic rings. The van der Waals surface area contributed by atoms with Gasteiger partial charge in [-0.15, -0.1) is 0 Å². The maximum absolute atomic E-state index is 5.14. The van der Waals surface area contributed by atoms with Crippen LogP contribution >= 0.6 is 0 Å². The van der Waals surface area contributed by atoms with Gasteiger partial charge >= 0.3 is 0 Å². The van der Waals surface area contributed by atoms with Gasteiger partial charge in [-0.2, -0.15) is 0 Å². The highest BCUT2D eigenvalue weighted by Crippen LogP contribution is 2.23. The molecule has 3 heteroatoms. The lowest BCUT2D eigenvalue weighted by Crippen LogP contribution is -2.28. The Morgan fingerprint density at radius 2 is 2.17 bits per heavy atom. The number of benzene rings is 1. The third-order valence-corrected chi connectivity index (χ3v) is 4.95. The van der Waals surface area contributed by atoms with E-state index in [0.717, 1.165) is 35.8 Å². The van der Waals surface area contributed by atoms with Crippen molar-refractivity contribution in [3.63, 3.8) is 0 Å². The van der Waals surface area contributed by atoms with Crippen LogP contribution < -0.4 is 0 Å². The minimum Gasteiger partial charge on any atom is -0.472 e. The molecule has 3 heterocycles. The lowest BCUT2D eigenvalue weighted by atomic mass is 10.1. The van der Waals surface area contributed by atoms with Crippen molar-refractivity contribution in [3.8, 4) is 11.3 Å². The summed E-state index contributed by atoms with van der Waals surface area (Å²) in [6.07, 6.45) is 7.23. The summed E-state index contributed by atoms with van der Waals surface area (Å²) >= 11 is 0. The zero-order chi connectivity index (χ0) is 15.6. The van der Waals surface area contributed by atoms with Crippen LogP contribution in [0.5, 0.6) is 0 Å². The van der Waals surface area contributed by atoms with Crippen molar-refractivity contribution >= 4 is 10.9 Å². The minimum absolute atomic E-state index is 0.745. The third-order valence-electron chi connectivity index (χ3n) is 4.95. The molecule has 3 aromatic rings. The highest BCUT2D eigenvalue weighted by molar-refractivity contribution is 5.82. The first-order chi connectivity index (χ1) is 11.3. The van der Waals surface area contributed by atoms with Gasteiger partial charge in [0.1, 0.15) is 0 Å². The summed E-state index contributed by atoms with van der Waals surface area (Å²) in [5.74, 6) is 0. The Morgan fingerprint density at radius 1 is 1.22 bits per heavy atom. The molecule has 1 aliphatic heterocycles. The van der Waals surface area contributed by atoms with Crippen LogP contribution in [-0.2, 0) is 6.42 Å². The molecule has 1 unspecified atom stereocenters. The maximum Gasteiger partial charge on any atom is 0.0996 e. The van der Waals surface area contributed by atoms with Gasteiger partial charge < -0.3 is 9.32 Å². The average molecular weight is 306 g/mol. The number of aromatic nitrogens is 1. The summed E-state index contributed by atoms with van der Waals surface area (Å²) in [6, 6.07) is 13.6. The highest BCUT2D eigenvalue weighted by Gasteiger charge is 2.19. The SMILES string of the molecule is CC1CCCN1CCc1ccc2nc(-c3ccoc3)ccc2c1. The fourth-order valence-electron chi connectivity index (χ4n) is 3.50. The van der Waals surface area contributed by atoms with Crippen LogP contribution in [0.3, 0.4) is 0 Å². The van der Waals surface area contributed by atoms with Crippen molar-refractivity contribution in [3.05, 3.63) is 54.5 Å². The summed E-state index contributed by atoms with van der Waals surface area (Å²) in [5, 5.41) is 1.21. The molecule has 0 bridgehead atoms. The van der Waals surface area contributed by atoms with E-state index in [1.54, 1.807) is 12.5 Å². The zero-order valence-corrected chi connectivity index (χ0v) is 13.5. The Bertz CT molecular complexity index is 795. The molecule has 1 aromatic carbocycles. The Balaban J connectivity index is 1.53. The zero-order valence-electron chi connectivity index (χ0n) is 13.5. The van der Waals surface area contributed by atoms with E-state index in [9.17, 15) is 0 Å². The first-order valence-electron chi connectivity index (χ1n) is 8.46. The van der Waals surface area contributed by atoms with E-state index in [2.05, 4.69) is 42.2 Å². The van der Waals surface area contributed by atoms with Gasteiger partial charge in [0.25, 0.3) is 0 Å². The Kier molecular flexibility index (Phi) is 3.88. The smallest absolute Gasteiger partial charge is 0.0996 e. The van der Waals surface area contributed by atoms with Gasteiger partial charge in [-0.1, -0.05) is 12.1 Å². The number of fused-ring (bicyclic) bond motifs is 1. The molecular formula is C20H22N2O. The van der Waals surface area contributed by atoms with Crippen molar-refractivity contribution in [1.29, 1.82) is 0 Å². The van der Waals surface area contributed by atoms with E-state index >= 15 is 0 Å². The minimum atomic E-state index is 0.745. The van der Waals surface area contributed by atoms with E-state index in [1.165, 1.54) is 30.3 Å². The highest BCUT2D eigenvalue weighted by atomic mass is 16.3. The molecule has 0 saturated carbocycles. The standard InChI is InChI=1S/C20H22N2O/c1-15-3-2-10-22(15)11-8-16-4-6-19-17(13-16)5-7-20(21-19)18-9-12-23-14-18/h4-7,9,12-15H,2-3,8,10-11H2,1H3. The summed E-state index contributed by atoms with van der Waals surface area (Å²) < 4.78 is 5.14. The summed E-state index contributed by atoms with van der Waals surface area (Å²) in [4.78, 5) is 7.34. The van der Waals surface area contributed by atoms with E-state index in [4.69, 9.17) is 9.40 Å². The van der Waals surface area contributed by atoms with Crippen molar-refractivity contribution in [2.75, 3.05) is 13.1 Å². The number of nitrogens with zero attached hydrogens (tertiary/aromatic N) is 2. The molecule has 0 aliphatic carbocycles. The second-order valence-corrected chi connectivity index (χ2v) is 6.51. The molecule has 23 heavy (non-hydrogen) atoms. The number of hydrogen-bond acceptors (Lipinski definition) is 3. The van der Waals surface area contributed by atoms with E-state index in [0.29, 0.717) is 0 Å². The van der Waals surface area contributed by atoms with Gasteiger partial charge in [-0.25, -0.2) is 4.98 Å². The van der Waals surface area contributed by atoms with Crippen LogP contribution in [0.2, 0.25) is 0 Å². The second-order valence-electron chi connectivity index (χ2n) is 6.51. The fourth-order valence-corrected chi connectivity index (χ4v) is 3.50. The molecule has 118 valence electrons. The predicted octanol–water partition coefficient (Wildman–Crippen LogP) is 4.52. The van der Waals surface area contributed by atoms with Crippen LogP contribution in [0.1, 0.15) is 25.3 Å². The first-order valence-corrected chi connectivity index (χ1v) is 8.46. The fraction of sp³-hybridized carbons (Fsp3) is 0.350. The quantitative estimate of drug-likeness (QED) is 0.709. The number of pyridine rings is 1. The Hall–Kier alpha value is -2.13. The van der Waals surface area contributed by atoms with Crippen molar-refractivity contribution in [2.45, 2.75) is 32.2 Å². The summed E-state index contributed by atoms with van der Waals surface area (Å²) in [7, 11) is 0. The molecular weight excluding hydrogens is 284 g/mol. The predicted molar refractivity (Wildman–Crippen MR) is 93.4 cm³/mol. The monoisotopic (exact) mass is 306 g/mol. The lowest BCUT2D eigenvalue weighted by Gasteiger charge is -2.20. The van der Waals surface area contributed by atoms with E-state index in [-0.39, 0.29) is 0 Å². The van der Waals surface area contributed by atoms with Gasteiger partial charge in [-0.3, -0.25) is 0 Å².